The van der Waals surface area contributed by atoms with Crippen molar-refractivity contribution in [1.29, 1.82) is 0 Å². The van der Waals surface area contributed by atoms with Crippen LogP contribution in [0.4, 0.5) is 5.95 Å². The Morgan fingerprint density at radius 3 is 2.76 bits per heavy atom. The number of aromatic nitrogens is 4. The number of nitrogen functional groups attached to an aromatic ring is 1. The van der Waals surface area contributed by atoms with Crippen LogP contribution in [0, 0.1) is 0 Å². The number of aliphatic hydroxyl groups is 2. The highest BCUT2D eigenvalue weighted by molar-refractivity contribution is 7.67. The lowest BCUT2D eigenvalue weighted by Crippen LogP contribution is -2.33. The fourth-order valence-corrected chi connectivity index (χ4v) is 6.86. The fourth-order valence-electron chi connectivity index (χ4n) is 2.91. The van der Waals surface area contributed by atoms with E-state index in [0.717, 1.165) is 10.9 Å². The van der Waals surface area contributed by atoms with Crippen molar-refractivity contribution in [3.05, 3.63) is 16.7 Å². The van der Waals surface area contributed by atoms with Gasteiger partial charge in [-0.1, -0.05) is 0 Å². The number of nitrogens with zero attached hydrogens (tertiary/aromatic N) is 3. The summed E-state index contributed by atoms with van der Waals surface area (Å²) >= 11 is 0. The summed E-state index contributed by atoms with van der Waals surface area (Å²) in [7, 11) is -15.2. The molecule has 2 fully saturated rings. The first-order valence-electron chi connectivity index (χ1n) is 8.65. The molecule has 2 aromatic rings. The molecular weight excluding hydrogens is 519 g/mol. The molecule has 2 aromatic heterocycles. The zero-order valence-corrected chi connectivity index (χ0v) is 18.6. The second kappa shape index (κ2) is 8.58. The number of ether oxygens (including phenoxy) is 1. The van der Waals surface area contributed by atoms with E-state index < -0.39 is 67.0 Å². The number of H-pyrrole nitrogens is 1. The molecule has 3 unspecified atom stereocenters. The summed E-state index contributed by atoms with van der Waals surface area (Å²) < 4.78 is 63.4. The number of rotatable bonds is 6. The third-order valence-electron chi connectivity index (χ3n) is 4.30. The highest BCUT2D eigenvalue weighted by Crippen LogP contribution is 2.72. The van der Waals surface area contributed by atoms with Crippen LogP contribution < -0.4 is 11.3 Å². The highest BCUT2D eigenvalue weighted by Gasteiger charge is 2.50. The Labute approximate surface area is 181 Å². The number of nitrogens with two attached hydrogens (primary N) is 1. The summed E-state index contributed by atoms with van der Waals surface area (Å²) in [4.78, 5) is 40.8. The van der Waals surface area contributed by atoms with Crippen molar-refractivity contribution in [2.24, 2.45) is 0 Å². The quantitative estimate of drug-likeness (QED) is 0.234. The average Bonchev–Trinajstić information content (AvgIpc) is 3.20. The van der Waals surface area contributed by atoms with E-state index in [0.29, 0.717) is 0 Å². The Bertz CT molecular complexity index is 1260. The topological polar surface area (TPSA) is 277 Å². The van der Waals surface area contributed by atoms with Gasteiger partial charge in [0.2, 0.25) is 5.95 Å². The lowest BCUT2D eigenvalue weighted by molar-refractivity contribution is -0.0508. The number of hydrogen-bond donors (Lipinski definition) is 6. The van der Waals surface area contributed by atoms with E-state index >= 15 is 0 Å². The Morgan fingerprint density at radius 1 is 1.33 bits per heavy atom. The summed E-state index contributed by atoms with van der Waals surface area (Å²) in [6.45, 7) is -1.94. The minimum atomic E-state index is -5.28. The molecule has 0 saturated carbocycles. The van der Waals surface area contributed by atoms with Gasteiger partial charge in [-0.15, -0.1) is 0 Å². The number of nitrogens with one attached hydrogen (secondary N) is 1. The van der Waals surface area contributed by atoms with Gasteiger partial charge in [0.25, 0.3) is 5.56 Å². The zero-order chi connectivity index (χ0) is 24.2. The van der Waals surface area contributed by atoms with Crippen molar-refractivity contribution in [1.82, 2.24) is 19.5 Å². The molecule has 0 spiro atoms. The van der Waals surface area contributed by atoms with E-state index in [-0.39, 0.29) is 17.1 Å². The minimum absolute atomic E-state index is 0.0782. The van der Waals surface area contributed by atoms with Gasteiger partial charge in [0.15, 0.2) is 24.2 Å². The number of hydrogen-bond acceptors (Lipinski definition) is 15. The van der Waals surface area contributed by atoms with E-state index in [1.807, 2.05) is 0 Å². The molecule has 0 radical (unpaired) electrons. The van der Waals surface area contributed by atoms with Crippen LogP contribution in [0.2, 0.25) is 0 Å². The lowest BCUT2D eigenvalue weighted by atomic mass is 10.1. The Hall–Kier alpha value is -1.56. The summed E-state index contributed by atoms with van der Waals surface area (Å²) in [5.74, 6) is -0.250. The Balaban J connectivity index is 1.46. The number of phosphoric acid groups is 3. The van der Waals surface area contributed by atoms with E-state index in [2.05, 4.69) is 37.1 Å². The molecule has 7 atom stereocenters. The molecule has 7 N–H and O–H groups in total. The van der Waals surface area contributed by atoms with Gasteiger partial charge < -0.3 is 30.5 Å². The normalized spacial score (nSPS) is 36.7. The average molecular weight is 535 g/mol. The van der Waals surface area contributed by atoms with Gasteiger partial charge in [-0.3, -0.25) is 27.9 Å². The second-order valence-electron chi connectivity index (χ2n) is 6.54. The molecule has 2 aliphatic heterocycles. The van der Waals surface area contributed by atoms with Crippen molar-refractivity contribution in [3.8, 4) is 0 Å². The van der Waals surface area contributed by atoms with Gasteiger partial charge in [0, 0.05) is 0 Å². The van der Waals surface area contributed by atoms with Crippen molar-refractivity contribution in [2.45, 2.75) is 24.5 Å². The van der Waals surface area contributed by atoms with Gasteiger partial charge in [0.1, 0.15) is 18.3 Å². The molecule has 2 saturated heterocycles. The van der Waals surface area contributed by atoms with Crippen LogP contribution in [0.15, 0.2) is 11.1 Å². The maximum absolute atomic E-state index is 12.1. The summed E-state index contributed by atoms with van der Waals surface area (Å²) in [5, 5.41) is 20.6. The zero-order valence-electron chi connectivity index (χ0n) is 15.9. The van der Waals surface area contributed by atoms with Crippen LogP contribution in [0.25, 0.3) is 11.2 Å². The van der Waals surface area contributed by atoms with Crippen LogP contribution in [0.5, 0.6) is 0 Å². The third kappa shape index (κ3) is 5.11. The van der Waals surface area contributed by atoms with Crippen molar-refractivity contribution in [3.63, 3.8) is 0 Å². The minimum Gasteiger partial charge on any atom is -0.387 e. The van der Waals surface area contributed by atoms with Crippen LogP contribution in [-0.2, 0) is 40.6 Å². The molecule has 184 valence electrons. The van der Waals surface area contributed by atoms with Gasteiger partial charge in [-0.2, -0.15) is 13.6 Å². The summed E-state index contributed by atoms with van der Waals surface area (Å²) in [6.07, 6.45) is -5.05. The first-order valence-corrected chi connectivity index (χ1v) is 13.1. The Morgan fingerprint density at radius 2 is 2.06 bits per heavy atom. The molecule has 33 heavy (non-hydrogen) atoms. The molecule has 19 nitrogen and oxygen atoms in total. The van der Waals surface area contributed by atoms with Gasteiger partial charge in [0.05, 0.1) is 12.9 Å². The number of aliphatic hydroxyl groups excluding tert-OH is 2. The van der Waals surface area contributed by atoms with E-state index in [1.165, 1.54) is 0 Å². The number of imidazole rings is 1. The van der Waals surface area contributed by atoms with Crippen LogP contribution in [-0.4, -0.2) is 71.2 Å². The molecule has 2 aliphatic rings. The largest absolute Gasteiger partial charge is 0.494 e. The second-order valence-corrected chi connectivity index (χ2v) is 11.4. The van der Waals surface area contributed by atoms with E-state index in [1.54, 1.807) is 0 Å². The number of anilines is 1. The first kappa shape index (κ1) is 24.6. The lowest BCUT2D eigenvalue weighted by Gasteiger charge is -2.25. The summed E-state index contributed by atoms with van der Waals surface area (Å²) in [5.41, 5.74) is 4.63. The molecule has 4 heterocycles. The van der Waals surface area contributed by atoms with Crippen molar-refractivity contribution in [2.75, 3.05) is 19.1 Å². The summed E-state index contributed by atoms with van der Waals surface area (Å²) in [6, 6.07) is 0. The smallest absolute Gasteiger partial charge is 0.387 e. The molecule has 0 aliphatic carbocycles. The van der Waals surface area contributed by atoms with Crippen LogP contribution in [0.3, 0.4) is 0 Å². The monoisotopic (exact) mass is 535 g/mol. The maximum Gasteiger partial charge on any atom is 0.494 e. The van der Waals surface area contributed by atoms with Gasteiger partial charge in [-0.05, 0) is 0 Å². The molecule has 0 bridgehead atoms. The predicted molar refractivity (Wildman–Crippen MR) is 101 cm³/mol. The molecule has 22 heteroatoms. The molecule has 0 amide bonds. The van der Waals surface area contributed by atoms with E-state index in [9.17, 15) is 33.6 Å². The molecule has 4 rings (SSSR count). The highest BCUT2D eigenvalue weighted by atomic mass is 31.3. The van der Waals surface area contributed by atoms with Gasteiger partial charge in [-0.25, -0.2) is 18.7 Å². The van der Waals surface area contributed by atoms with Crippen molar-refractivity contribution >= 4 is 40.6 Å². The number of aromatic amines is 1. The molecular formula is C11H16N5O14P3. The predicted octanol–water partition coefficient (Wildman–Crippen LogP) is -1.32. The fraction of sp³-hybridized carbons (Fsp3) is 0.545. The number of phosphoric ester groups is 2. The van der Waals surface area contributed by atoms with Crippen LogP contribution in [0.1, 0.15) is 6.23 Å². The van der Waals surface area contributed by atoms with Crippen LogP contribution >= 0.6 is 23.5 Å². The third-order valence-corrected chi connectivity index (χ3v) is 8.88. The maximum atomic E-state index is 12.1. The van der Waals surface area contributed by atoms with Crippen molar-refractivity contribution < 1.29 is 60.6 Å². The van der Waals surface area contributed by atoms with Gasteiger partial charge >= 0.3 is 23.5 Å². The number of fused-ring (bicyclic) bond motifs is 1. The Kier molecular flexibility index (Phi) is 6.39. The standard InChI is InChI=1S/C11H16N5O14P3/c12-11-14-8-5(9(19)15-11)13-2-16(8)10-7(18)6(17)4(28-10)1-25-31(20,21)29-33(24)27-3-26-32(22,23)30-33/h2,4,6-7,10,17-18H,1,3H2,(H,20,21)(H,22,23)(H3,12,14,15,19)/t4-,6-,7-,10-,33?/m1/s1. The SMILES string of the molecule is Nc1nc2c(ncn2[C@@H]2O[C@H](COP(=O)(O)OP3(=O)OCOP(=O)(O)O3)[C@@H](O)[C@H]2O)c(=O)[nH]1. The van der Waals surface area contributed by atoms with E-state index in [4.69, 9.17) is 15.4 Å². The first-order chi connectivity index (χ1) is 15.3. The molecule has 0 aromatic carbocycles.